The minimum absolute atomic E-state index is 0.0271. The first-order chi connectivity index (χ1) is 14.5. The van der Waals surface area contributed by atoms with E-state index in [2.05, 4.69) is 20.9 Å². The molecule has 0 bridgehead atoms. The second-order valence-corrected chi connectivity index (χ2v) is 7.57. The van der Waals surface area contributed by atoms with Crippen LogP contribution in [-0.4, -0.2) is 28.9 Å². The molecule has 3 aromatic rings. The van der Waals surface area contributed by atoms with E-state index in [-0.39, 0.29) is 11.3 Å². The molecule has 0 spiro atoms. The van der Waals surface area contributed by atoms with E-state index in [0.29, 0.717) is 22.6 Å². The fraction of sp³-hybridized carbons (Fsp3) is 0.0870. The van der Waals surface area contributed by atoms with Crippen LogP contribution >= 0.6 is 15.9 Å². The number of aliphatic hydroxyl groups is 1. The second-order valence-electron chi connectivity index (χ2n) is 6.65. The number of amides is 1. The number of hydrogen-bond acceptors (Lipinski definition) is 5. The van der Waals surface area contributed by atoms with Crippen molar-refractivity contribution < 1.29 is 19.4 Å². The third kappa shape index (κ3) is 3.48. The van der Waals surface area contributed by atoms with Gasteiger partial charge in [0.1, 0.15) is 11.5 Å². The number of hydrogen-bond donors (Lipinski definition) is 1. The number of aliphatic hydroxyl groups excluding tert-OH is 1. The van der Waals surface area contributed by atoms with Crippen molar-refractivity contribution in [3.05, 3.63) is 94.2 Å². The summed E-state index contributed by atoms with van der Waals surface area (Å²) in [6.07, 6.45) is 3.18. The van der Waals surface area contributed by atoms with E-state index in [1.807, 2.05) is 0 Å². The smallest absolute Gasteiger partial charge is 0.300 e. The quantitative estimate of drug-likeness (QED) is 0.349. The third-order valence-corrected chi connectivity index (χ3v) is 5.46. The minimum Gasteiger partial charge on any atom is -0.507 e. The monoisotopic (exact) mass is 464 g/mol. The second kappa shape index (κ2) is 8.12. The number of carbonyl (C=O) groups excluding carboxylic acids is 2. The zero-order valence-electron chi connectivity index (χ0n) is 15.9. The molecule has 1 N–H and O–H groups in total. The molecular formula is C23H17BrN2O4. The van der Waals surface area contributed by atoms with E-state index in [4.69, 9.17) is 4.74 Å². The first-order valence-corrected chi connectivity index (χ1v) is 9.91. The van der Waals surface area contributed by atoms with Crippen LogP contribution in [0.4, 0.5) is 5.69 Å². The molecule has 0 saturated carbocycles. The normalized spacial score (nSPS) is 17.9. The van der Waals surface area contributed by atoms with Gasteiger partial charge in [0.25, 0.3) is 11.7 Å². The number of ketones is 1. The Morgan fingerprint density at radius 2 is 1.63 bits per heavy atom. The molecule has 2 aromatic carbocycles. The summed E-state index contributed by atoms with van der Waals surface area (Å²) >= 11 is 3.38. The summed E-state index contributed by atoms with van der Waals surface area (Å²) < 4.78 is 6.00. The average molecular weight is 465 g/mol. The Bertz CT molecular complexity index is 1130. The molecule has 2 heterocycles. The van der Waals surface area contributed by atoms with E-state index in [0.717, 1.165) is 4.47 Å². The van der Waals surface area contributed by atoms with Gasteiger partial charge in [-0.1, -0.05) is 15.9 Å². The molecule has 0 aliphatic carbocycles. The zero-order chi connectivity index (χ0) is 21.3. The fourth-order valence-corrected chi connectivity index (χ4v) is 3.73. The number of pyridine rings is 1. The average Bonchev–Trinajstić information content (AvgIpc) is 3.05. The third-order valence-electron chi connectivity index (χ3n) is 4.93. The number of halogens is 1. The van der Waals surface area contributed by atoms with Gasteiger partial charge >= 0.3 is 0 Å². The largest absolute Gasteiger partial charge is 0.507 e. The molecule has 1 fully saturated rings. The highest BCUT2D eigenvalue weighted by atomic mass is 79.9. The number of methoxy groups -OCH3 is 1. The Balaban J connectivity index is 1.90. The molecule has 150 valence electrons. The van der Waals surface area contributed by atoms with Gasteiger partial charge in [-0.05, 0) is 66.2 Å². The number of anilines is 1. The summed E-state index contributed by atoms with van der Waals surface area (Å²) in [4.78, 5) is 31.5. The number of rotatable bonds is 4. The lowest BCUT2D eigenvalue weighted by Crippen LogP contribution is -2.29. The zero-order valence-corrected chi connectivity index (χ0v) is 17.5. The van der Waals surface area contributed by atoms with Crippen molar-refractivity contribution in [3.63, 3.8) is 0 Å². The molecule has 1 saturated heterocycles. The van der Waals surface area contributed by atoms with Crippen LogP contribution < -0.4 is 9.64 Å². The summed E-state index contributed by atoms with van der Waals surface area (Å²) in [6.45, 7) is 0. The number of Topliss-reactive ketones (excluding diaryl/α,β-unsaturated/α-hetero) is 1. The molecule has 1 unspecified atom stereocenters. The van der Waals surface area contributed by atoms with Crippen LogP contribution in [-0.2, 0) is 9.59 Å². The van der Waals surface area contributed by atoms with Gasteiger partial charge in [0.2, 0.25) is 0 Å². The van der Waals surface area contributed by atoms with Gasteiger partial charge in [-0.3, -0.25) is 19.5 Å². The highest BCUT2D eigenvalue weighted by Gasteiger charge is 2.46. The molecule has 1 aliphatic heterocycles. The van der Waals surface area contributed by atoms with Gasteiger partial charge in [-0.15, -0.1) is 0 Å². The standard InChI is InChI=1S/C23H17BrN2O4/c1-30-18-8-2-15(3-9-18)21(27)19-20(14-10-12-25-13-11-14)26(23(29)22(19)28)17-6-4-16(24)5-7-17/h2-13,20,27H,1H3/b21-19-. The van der Waals surface area contributed by atoms with Crippen LogP contribution in [0.5, 0.6) is 5.75 Å². The number of benzene rings is 2. The van der Waals surface area contributed by atoms with Crippen molar-refractivity contribution in [2.75, 3.05) is 12.0 Å². The Hall–Kier alpha value is -3.45. The van der Waals surface area contributed by atoms with Crippen molar-refractivity contribution in [1.29, 1.82) is 0 Å². The van der Waals surface area contributed by atoms with Gasteiger partial charge < -0.3 is 9.84 Å². The summed E-state index contributed by atoms with van der Waals surface area (Å²) in [7, 11) is 1.54. The summed E-state index contributed by atoms with van der Waals surface area (Å²) in [5.74, 6) is -1.06. The lowest BCUT2D eigenvalue weighted by molar-refractivity contribution is -0.132. The van der Waals surface area contributed by atoms with Gasteiger partial charge in [0, 0.05) is 28.1 Å². The van der Waals surface area contributed by atoms with Crippen LogP contribution in [0.15, 0.2) is 83.1 Å². The Morgan fingerprint density at radius 3 is 2.23 bits per heavy atom. The van der Waals surface area contributed by atoms with Gasteiger partial charge in [-0.2, -0.15) is 0 Å². The molecule has 4 rings (SSSR count). The van der Waals surface area contributed by atoms with Crippen LogP contribution in [0.3, 0.4) is 0 Å². The van der Waals surface area contributed by atoms with E-state index in [1.54, 1.807) is 80.2 Å². The summed E-state index contributed by atoms with van der Waals surface area (Å²) in [6, 6.07) is 16.4. The maximum Gasteiger partial charge on any atom is 0.300 e. The molecule has 1 amide bonds. The topological polar surface area (TPSA) is 79.7 Å². The molecule has 7 heteroatoms. The molecule has 30 heavy (non-hydrogen) atoms. The fourth-order valence-electron chi connectivity index (χ4n) is 3.47. The number of carbonyl (C=O) groups is 2. The molecule has 0 radical (unpaired) electrons. The maximum absolute atomic E-state index is 13.0. The van der Waals surface area contributed by atoms with Crippen molar-refractivity contribution in [2.45, 2.75) is 6.04 Å². The molecule has 6 nitrogen and oxygen atoms in total. The Kier molecular flexibility index (Phi) is 5.37. The van der Waals surface area contributed by atoms with Crippen LogP contribution in [0, 0.1) is 0 Å². The van der Waals surface area contributed by atoms with E-state index in [9.17, 15) is 14.7 Å². The number of nitrogens with zero attached hydrogens (tertiary/aromatic N) is 2. The predicted octanol–water partition coefficient (Wildman–Crippen LogP) is 4.48. The number of ether oxygens (including phenoxy) is 1. The Morgan fingerprint density at radius 1 is 1.00 bits per heavy atom. The summed E-state index contributed by atoms with van der Waals surface area (Å²) in [5, 5.41) is 11.0. The predicted molar refractivity (Wildman–Crippen MR) is 116 cm³/mol. The minimum atomic E-state index is -0.781. The SMILES string of the molecule is COc1ccc(/C(O)=C2/C(=O)C(=O)N(c3ccc(Br)cc3)C2c2ccncc2)cc1. The van der Waals surface area contributed by atoms with Gasteiger partial charge in [0.05, 0.1) is 18.7 Å². The van der Waals surface area contributed by atoms with E-state index in [1.165, 1.54) is 4.90 Å². The number of aromatic nitrogens is 1. The van der Waals surface area contributed by atoms with Gasteiger partial charge in [0.15, 0.2) is 0 Å². The lowest BCUT2D eigenvalue weighted by atomic mass is 9.96. The summed E-state index contributed by atoms with van der Waals surface area (Å²) in [5.41, 5.74) is 1.67. The van der Waals surface area contributed by atoms with Gasteiger partial charge in [-0.25, -0.2) is 0 Å². The van der Waals surface area contributed by atoms with Crippen LogP contribution in [0.2, 0.25) is 0 Å². The van der Waals surface area contributed by atoms with Crippen LogP contribution in [0.25, 0.3) is 5.76 Å². The molecular weight excluding hydrogens is 448 g/mol. The van der Waals surface area contributed by atoms with Crippen molar-refractivity contribution >= 4 is 39.1 Å². The van der Waals surface area contributed by atoms with E-state index < -0.39 is 17.7 Å². The lowest BCUT2D eigenvalue weighted by Gasteiger charge is -2.25. The first kappa shape index (κ1) is 19.8. The van der Waals surface area contributed by atoms with Crippen LogP contribution in [0.1, 0.15) is 17.2 Å². The molecule has 1 aliphatic rings. The van der Waals surface area contributed by atoms with Crippen molar-refractivity contribution in [3.8, 4) is 5.75 Å². The van der Waals surface area contributed by atoms with Crippen molar-refractivity contribution in [1.82, 2.24) is 4.98 Å². The molecule has 1 aromatic heterocycles. The van der Waals surface area contributed by atoms with E-state index >= 15 is 0 Å². The molecule has 1 atom stereocenters. The Labute approximate surface area is 181 Å². The maximum atomic E-state index is 13.0. The first-order valence-electron chi connectivity index (χ1n) is 9.12. The van der Waals surface area contributed by atoms with Crippen molar-refractivity contribution in [2.24, 2.45) is 0 Å². The highest BCUT2D eigenvalue weighted by molar-refractivity contribution is 9.10. The highest BCUT2D eigenvalue weighted by Crippen LogP contribution is 2.42.